The van der Waals surface area contributed by atoms with Crippen molar-refractivity contribution in [2.24, 2.45) is 11.3 Å². The predicted molar refractivity (Wildman–Crippen MR) is 69.7 cm³/mol. The fourth-order valence-corrected chi connectivity index (χ4v) is 2.32. The maximum absolute atomic E-state index is 6.00. The average Bonchev–Trinajstić information content (AvgIpc) is 2.05. The van der Waals surface area contributed by atoms with E-state index in [1.54, 1.807) is 0 Å². The first-order valence-corrected chi connectivity index (χ1v) is 6.45. The van der Waals surface area contributed by atoms with Crippen molar-refractivity contribution in [3.63, 3.8) is 0 Å². The molecule has 0 aromatic carbocycles. The van der Waals surface area contributed by atoms with Gasteiger partial charge in [0.15, 0.2) is 0 Å². The highest BCUT2D eigenvalue weighted by Gasteiger charge is 2.39. The SMILES string of the molecule is CN1CCC1C(COC(C)(C)C)C(C)(C)C. The number of ether oxygens (including phenoxy) is 1. The molecule has 0 aromatic rings. The van der Waals surface area contributed by atoms with Crippen LogP contribution < -0.4 is 0 Å². The van der Waals surface area contributed by atoms with Crippen LogP contribution in [0.3, 0.4) is 0 Å². The van der Waals surface area contributed by atoms with Crippen LogP contribution in [0, 0.1) is 11.3 Å². The summed E-state index contributed by atoms with van der Waals surface area (Å²) in [7, 11) is 2.23. The molecule has 1 saturated heterocycles. The molecule has 96 valence electrons. The van der Waals surface area contributed by atoms with E-state index in [2.05, 4.69) is 53.5 Å². The van der Waals surface area contributed by atoms with Crippen LogP contribution in [-0.4, -0.2) is 36.7 Å². The van der Waals surface area contributed by atoms with Gasteiger partial charge in [0.25, 0.3) is 0 Å². The van der Waals surface area contributed by atoms with Crippen LogP contribution in [0.4, 0.5) is 0 Å². The van der Waals surface area contributed by atoms with Gasteiger partial charge in [0.1, 0.15) is 0 Å². The first kappa shape index (κ1) is 14.0. The van der Waals surface area contributed by atoms with Gasteiger partial charge in [-0.25, -0.2) is 0 Å². The lowest BCUT2D eigenvalue weighted by molar-refractivity contribution is -0.0803. The fourth-order valence-electron chi connectivity index (χ4n) is 2.32. The Kier molecular flexibility index (Phi) is 4.07. The summed E-state index contributed by atoms with van der Waals surface area (Å²) in [4.78, 5) is 2.46. The van der Waals surface area contributed by atoms with Crippen LogP contribution in [0.1, 0.15) is 48.0 Å². The Labute approximate surface area is 101 Å². The molecule has 0 radical (unpaired) electrons. The van der Waals surface area contributed by atoms with Crippen molar-refractivity contribution in [3.8, 4) is 0 Å². The monoisotopic (exact) mass is 227 g/mol. The van der Waals surface area contributed by atoms with Gasteiger partial charge in [0.2, 0.25) is 0 Å². The van der Waals surface area contributed by atoms with Crippen LogP contribution in [0.2, 0.25) is 0 Å². The molecule has 0 spiro atoms. The van der Waals surface area contributed by atoms with Gasteiger partial charge in [-0.3, -0.25) is 0 Å². The quantitative estimate of drug-likeness (QED) is 0.734. The van der Waals surface area contributed by atoms with Gasteiger partial charge >= 0.3 is 0 Å². The molecule has 0 saturated carbocycles. The third-order valence-electron chi connectivity index (χ3n) is 3.62. The van der Waals surface area contributed by atoms with Gasteiger partial charge in [0.05, 0.1) is 12.2 Å². The van der Waals surface area contributed by atoms with Crippen molar-refractivity contribution in [3.05, 3.63) is 0 Å². The molecule has 2 nitrogen and oxygen atoms in total. The zero-order chi connectivity index (χ0) is 12.6. The molecule has 0 aliphatic carbocycles. The Morgan fingerprint density at radius 2 is 1.75 bits per heavy atom. The van der Waals surface area contributed by atoms with Crippen molar-refractivity contribution in [2.45, 2.75) is 59.6 Å². The normalized spacial score (nSPS) is 25.3. The van der Waals surface area contributed by atoms with Gasteiger partial charge in [0, 0.05) is 12.0 Å². The maximum atomic E-state index is 6.00. The van der Waals surface area contributed by atoms with E-state index in [4.69, 9.17) is 4.74 Å². The molecular formula is C14H29NO. The molecule has 2 atom stereocenters. The van der Waals surface area contributed by atoms with Gasteiger partial charge < -0.3 is 9.64 Å². The zero-order valence-corrected chi connectivity index (χ0v) is 12.1. The minimum Gasteiger partial charge on any atom is -0.375 e. The minimum absolute atomic E-state index is 0.0220. The number of nitrogens with zero attached hydrogens (tertiary/aromatic N) is 1. The Morgan fingerprint density at radius 3 is 2.00 bits per heavy atom. The van der Waals surface area contributed by atoms with Crippen molar-refractivity contribution in [1.82, 2.24) is 4.90 Å². The van der Waals surface area contributed by atoms with E-state index in [1.807, 2.05) is 0 Å². The van der Waals surface area contributed by atoms with Crippen LogP contribution in [0.5, 0.6) is 0 Å². The molecule has 2 heteroatoms. The molecule has 0 amide bonds. The van der Waals surface area contributed by atoms with Crippen molar-refractivity contribution < 1.29 is 4.74 Å². The van der Waals surface area contributed by atoms with E-state index in [0.717, 1.165) is 6.61 Å². The molecule has 1 aliphatic rings. The van der Waals surface area contributed by atoms with Crippen molar-refractivity contribution in [2.75, 3.05) is 20.2 Å². The molecule has 2 unspecified atom stereocenters. The van der Waals surface area contributed by atoms with Gasteiger partial charge in [-0.05, 0) is 46.2 Å². The lowest BCUT2D eigenvalue weighted by Crippen LogP contribution is -2.54. The first-order valence-electron chi connectivity index (χ1n) is 6.45. The van der Waals surface area contributed by atoms with E-state index < -0.39 is 0 Å². The first-order chi connectivity index (χ1) is 7.11. The molecular weight excluding hydrogens is 198 g/mol. The smallest absolute Gasteiger partial charge is 0.0598 e. The topological polar surface area (TPSA) is 12.5 Å². The van der Waals surface area contributed by atoms with E-state index in [0.29, 0.717) is 17.4 Å². The highest BCUT2D eigenvalue weighted by atomic mass is 16.5. The predicted octanol–water partition coefficient (Wildman–Crippen LogP) is 3.17. The number of hydrogen-bond donors (Lipinski definition) is 0. The molecule has 0 bridgehead atoms. The molecule has 1 aliphatic heterocycles. The summed E-state index contributed by atoms with van der Waals surface area (Å²) in [5.74, 6) is 0.630. The van der Waals surface area contributed by atoms with Crippen LogP contribution in [0.25, 0.3) is 0 Å². The number of hydrogen-bond acceptors (Lipinski definition) is 2. The second-order valence-electron chi connectivity index (χ2n) is 7.23. The standard InChI is InChI=1S/C14H29NO/c1-13(2,3)11(10-16-14(4,5)6)12-8-9-15(12)7/h11-12H,8-10H2,1-7H3. The second kappa shape index (κ2) is 4.66. The largest absolute Gasteiger partial charge is 0.375 e. The van der Waals surface area contributed by atoms with Gasteiger partial charge in [-0.2, -0.15) is 0 Å². The summed E-state index contributed by atoms with van der Waals surface area (Å²) in [6.07, 6.45) is 1.33. The summed E-state index contributed by atoms with van der Waals surface area (Å²) >= 11 is 0. The summed E-state index contributed by atoms with van der Waals surface area (Å²) < 4.78 is 6.00. The zero-order valence-electron chi connectivity index (χ0n) is 12.1. The lowest BCUT2D eigenvalue weighted by Gasteiger charge is -2.48. The van der Waals surface area contributed by atoms with Crippen molar-refractivity contribution in [1.29, 1.82) is 0 Å². The summed E-state index contributed by atoms with van der Waals surface area (Å²) in [6.45, 7) is 15.5. The number of likely N-dealkylation sites (tertiary alicyclic amines) is 1. The van der Waals surface area contributed by atoms with Crippen LogP contribution in [0.15, 0.2) is 0 Å². The van der Waals surface area contributed by atoms with E-state index in [-0.39, 0.29) is 5.60 Å². The molecule has 0 aromatic heterocycles. The second-order valence-corrected chi connectivity index (χ2v) is 7.23. The summed E-state index contributed by atoms with van der Waals surface area (Å²) in [5.41, 5.74) is 0.302. The number of rotatable bonds is 3. The van der Waals surface area contributed by atoms with Gasteiger partial charge in [-0.1, -0.05) is 20.8 Å². The fraction of sp³-hybridized carbons (Fsp3) is 1.00. The third kappa shape index (κ3) is 3.74. The van der Waals surface area contributed by atoms with Crippen molar-refractivity contribution >= 4 is 0 Å². The van der Waals surface area contributed by atoms with Gasteiger partial charge in [-0.15, -0.1) is 0 Å². The highest BCUT2D eigenvalue weighted by Crippen LogP contribution is 2.36. The van der Waals surface area contributed by atoms with E-state index >= 15 is 0 Å². The maximum Gasteiger partial charge on any atom is 0.0598 e. The molecule has 1 heterocycles. The molecule has 1 fully saturated rings. The summed E-state index contributed by atoms with van der Waals surface area (Å²) in [5, 5.41) is 0. The Morgan fingerprint density at radius 1 is 1.19 bits per heavy atom. The van der Waals surface area contributed by atoms with Crippen LogP contribution in [-0.2, 0) is 4.74 Å². The average molecular weight is 227 g/mol. The summed E-state index contributed by atoms with van der Waals surface area (Å²) in [6, 6.07) is 0.711. The van der Waals surface area contributed by atoms with E-state index in [1.165, 1.54) is 13.0 Å². The molecule has 0 N–H and O–H groups in total. The van der Waals surface area contributed by atoms with E-state index in [9.17, 15) is 0 Å². The molecule has 16 heavy (non-hydrogen) atoms. The Bertz CT molecular complexity index is 224. The minimum atomic E-state index is -0.0220. The highest BCUT2D eigenvalue weighted by molar-refractivity contribution is 4.92. The van der Waals surface area contributed by atoms with Crippen LogP contribution >= 0.6 is 0 Å². The molecule has 1 rings (SSSR count). The Balaban J connectivity index is 2.59. The lowest BCUT2D eigenvalue weighted by atomic mass is 9.73. The Hall–Kier alpha value is -0.0800. The third-order valence-corrected chi connectivity index (χ3v) is 3.62.